The van der Waals surface area contributed by atoms with E-state index < -0.39 is 11.7 Å². The second-order valence-electron chi connectivity index (χ2n) is 5.92. The summed E-state index contributed by atoms with van der Waals surface area (Å²) in [5, 5.41) is 2.07. The maximum Gasteiger partial charge on any atom is 0.418 e. The number of hydrogen-bond acceptors (Lipinski definition) is 2. The lowest BCUT2D eigenvalue weighted by Crippen LogP contribution is -2.31. The topological polar surface area (TPSA) is 29.1 Å². The second kappa shape index (κ2) is 7.90. The number of carbonyl (C=O) groups is 1. The van der Waals surface area contributed by atoms with Crippen LogP contribution in [0, 0.1) is 11.8 Å². The molecule has 0 aliphatic rings. The molecule has 0 aliphatic carbocycles. The molecule has 22 heavy (non-hydrogen) atoms. The molecule has 1 amide bonds. The van der Waals surface area contributed by atoms with Gasteiger partial charge in [-0.25, -0.2) is 0 Å². The third-order valence-corrected chi connectivity index (χ3v) is 4.94. The van der Waals surface area contributed by atoms with Gasteiger partial charge in [0.05, 0.1) is 16.5 Å². The number of para-hydroxylation sites is 1. The lowest BCUT2D eigenvalue weighted by atomic mass is 10.1. The van der Waals surface area contributed by atoms with Crippen LogP contribution in [0.1, 0.15) is 33.3 Å². The van der Waals surface area contributed by atoms with Crippen LogP contribution < -0.4 is 5.32 Å². The molecule has 1 rings (SSSR count). The molecule has 1 unspecified atom stereocenters. The molecule has 6 heteroatoms. The van der Waals surface area contributed by atoms with Crippen LogP contribution >= 0.6 is 11.8 Å². The van der Waals surface area contributed by atoms with Crippen LogP contribution in [-0.2, 0) is 11.0 Å². The maximum atomic E-state index is 13.0. The van der Waals surface area contributed by atoms with Crippen LogP contribution in [0.25, 0.3) is 0 Å². The Morgan fingerprint density at radius 1 is 1.18 bits per heavy atom. The zero-order chi connectivity index (χ0) is 16.9. The number of rotatable bonds is 6. The lowest BCUT2D eigenvalue weighted by molar-refractivity contribution is -0.137. The van der Waals surface area contributed by atoms with Gasteiger partial charge in [0.15, 0.2) is 0 Å². The number of amides is 1. The van der Waals surface area contributed by atoms with E-state index in [1.807, 2.05) is 27.7 Å². The quantitative estimate of drug-likeness (QED) is 0.788. The van der Waals surface area contributed by atoms with Crippen molar-refractivity contribution >= 4 is 23.4 Å². The Bertz CT molecular complexity index is 500. The Hall–Kier alpha value is -1.17. The van der Waals surface area contributed by atoms with Crippen molar-refractivity contribution in [3.63, 3.8) is 0 Å². The van der Waals surface area contributed by atoms with E-state index in [9.17, 15) is 18.0 Å². The highest BCUT2D eigenvalue weighted by molar-refractivity contribution is 8.00. The number of thioether (sulfide) groups is 1. The molecule has 0 bridgehead atoms. The van der Waals surface area contributed by atoms with Crippen molar-refractivity contribution in [1.29, 1.82) is 0 Å². The van der Waals surface area contributed by atoms with Crippen molar-refractivity contribution < 1.29 is 18.0 Å². The van der Waals surface area contributed by atoms with Crippen LogP contribution in [0.4, 0.5) is 18.9 Å². The molecule has 124 valence electrons. The van der Waals surface area contributed by atoms with Crippen molar-refractivity contribution in [1.82, 2.24) is 0 Å². The van der Waals surface area contributed by atoms with Gasteiger partial charge in [0.2, 0.25) is 5.91 Å². The minimum Gasteiger partial charge on any atom is -0.325 e. The monoisotopic (exact) mass is 333 g/mol. The molecular formula is C16H22F3NOS. The molecule has 1 aromatic carbocycles. The van der Waals surface area contributed by atoms with Crippen LogP contribution in [0.15, 0.2) is 24.3 Å². The number of nitrogens with one attached hydrogen (secondary N) is 1. The molecule has 0 fully saturated rings. The molecule has 0 saturated heterocycles. The number of halogens is 3. The summed E-state index contributed by atoms with van der Waals surface area (Å²) in [6.07, 6.45) is -4.48. The van der Waals surface area contributed by atoms with Gasteiger partial charge >= 0.3 is 6.18 Å². The van der Waals surface area contributed by atoms with E-state index in [1.165, 1.54) is 30.0 Å². The largest absolute Gasteiger partial charge is 0.418 e. The summed E-state index contributed by atoms with van der Waals surface area (Å²) >= 11 is 1.49. The Morgan fingerprint density at radius 2 is 1.77 bits per heavy atom. The smallest absolute Gasteiger partial charge is 0.325 e. The van der Waals surface area contributed by atoms with Gasteiger partial charge < -0.3 is 5.32 Å². The van der Waals surface area contributed by atoms with Crippen molar-refractivity contribution in [3.05, 3.63) is 29.8 Å². The van der Waals surface area contributed by atoms with Crippen molar-refractivity contribution in [3.8, 4) is 0 Å². The normalized spacial score (nSPS) is 13.5. The van der Waals surface area contributed by atoms with E-state index >= 15 is 0 Å². The molecular weight excluding hydrogens is 311 g/mol. The lowest BCUT2D eigenvalue weighted by Gasteiger charge is -2.22. The summed E-state index contributed by atoms with van der Waals surface area (Å²) in [7, 11) is 0. The third kappa shape index (κ3) is 5.55. The molecule has 1 atom stereocenters. The highest BCUT2D eigenvalue weighted by Crippen LogP contribution is 2.35. The van der Waals surface area contributed by atoms with Crippen LogP contribution in [0.5, 0.6) is 0 Å². The van der Waals surface area contributed by atoms with Gasteiger partial charge in [0.25, 0.3) is 0 Å². The highest BCUT2D eigenvalue weighted by atomic mass is 32.2. The first-order chi connectivity index (χ1) is 10.1. The molecule has 2 nitrogen and oxygen atoms in total. The maximum absolute atomic E-state index is 13.0. The third-order valence-electron chi connectivity index (χ3n) is 2.96. The predicted octanol–water partition coefficient (Wildman–Crippen LogP) is 5.06. The fourth-order valence-corrected chi connectivity index (χ4v) is 3.10. The first kappa shape index (κ1) is 18.9. The standard InChI is InChI=1S/C16H22F3NOS/c1-10(2)9-22-14(11(3)4)15(21)20-13-8-6-5-7-12(13)16(17,18)19/h5-8,10-11,14H,9H2,1-4H3,(H,20,21). The Kier molecular flexibility index (Phi) is 6.78. The van der Waals surface area contributed by atoms with Crippen LogP contribution in [-0.4, -0.2) is 16.9 Å². The summed E-state index contributed by atoms with van der Waals surface area (Å²) in [4.78, 5) is 12.3. The van der Waals surface area contributed by atoms with Crippen molar-refractivity contribution in [2.24, 2.45) is 11.8 Å². The molecule has 0 spiro atoms. The number of benzene rings is 1. The summed E-state index contributed by atoms with van der Waals surface area (Å²) in [5.74, 6) is 0.873. The first-order valence-corrected chi connectivity index (χ1v) is 8.26. The molecule has 0 heterocycles. The average molecular weight is 333 g/mol. The zero-order valence-corrected chi connectivity index (χ0v) is 14.0. The number of alkyl halides is 3. The van der Waals surface area contributed by atoms with Crippen LogP contribution in [0.3, 0.4) is 0 Å². The van der Waals surface area contributed by atoms with Gasteiger partial charge in [-0.05, 0) is 29.7 Å². The predicted molar refractivity (Wildman–Crippen MR) is 86.0 cm³/mol. The van der Waals surface area contributed by atoms with E-state index in [4.69, 9.17) is 0 Å². The average Bonchev–Trinajstić information content (AvgIpc) is 2.37. The SMILES string of the molecule is CC(C)CSC(C(=O)Nc1ccccc1C(F)(F)F)C(C)C. The minimum absolute atomic E-state index is 0.0433. The van der Waals surface area contributed by atoms with Gasteiger partial charge in [-0.15, -0.1) is 11.8 Å². The van der Waals surface area contributed by atoms with Crippen LogP contribution in [0.2, 0.25) is 0 Å². The summed E-state index contributed by atoms with van der Waals surface area (Å²) in [6.45, 7) is 7.88. The van der Waals surface area contributed by atoms with E-state index in [1.54, 1.807) is 0 Å². The number of carbonyl (C=O) groups excluding carboxylic acids is 1. The highest BCUT2D eigenvalue weighted by Gasteiger charge is 2.34. The van der Waals surface area contributed by atoms with Crippen molar-refractivity contribution in [2.75, 3.05) is 11.1 Å². The number of anilines is 1. The van der Waals surface area contributed by atoms with Gasteiger partial charge in [-0.1, -0.05) is 39.8 Å². The summed E-state index contributed by atoms with van der Waals surface area (Å²) in [6, 6.07) is 5.05. The summed E-state index contributed by atoms with van der Waals surface area (Å²) in [5.41, 5.74) is -1.00. The van der Waals surface area contributed by atoms with E-state index in [0.29, 0.717) is 5.92 Å². The van der Waals surface area contributed by atoms with Gasteiger partial charge in [0, 0.05) is 0 Å². The summed E-state index contributed by atoms with van der Waals surface area (Å²) < 4.78 is 38.9. The molecule has 0 saturated carbocycles. The first-order valence-electron chi connectivity index (χ1n) is 7.21. The Balaban J connectivity index is 2.90. The van der Waals surface area contributed by atoms with Gasteiger partial charge in [0.1, 0.15) is 0 Å². The van der Waals surface area contributed by atoms with Gasteiger partial charge in [-0.3, -0.25) is 4.79 Å². The molecule has 0 aliphatic heterocycles. The molecule has 1 aromatic rings. The Labute approximate surface area is 133 Å². The van der Waals surface area contributed by atoms with E-state index in [0.717, 1.165) is 11.8 Å². The Morgan fingerprint density at radius 3 is 2.27 bits per heavy atom. The van der Waals surface area contributed by atoms with E-state index in [-0.39, 0.29) is 22.8 Å². The molecule has 1 N–H and O–H groups in total. The fourth-order valence-electron chi connectivity index (χ4n) is 1.91. The molecule has 0 aromatic heterocycles. The second-order valence-corrected chi connectivity index (χ2v) is 7.10. The van der Waals surface area contributed by atoms with Crippen molar-refractivity contribution in [2.45, 2.75) is 39.1 Å². The minimum atomic E-state index is -4.48. The van der Waals surface area contributed by atoms with E-state index in [2.05, 4.69) is 5.32 Å². The fraction of sp³-hybridized carbons (Fsp3) is 0.562. The number of hydrogen-bond donors (Lipinski definition) is 1. The van der Waals surface area contributed by atoms with Gasteiger partial charge in [-0.2, -0.15) is 13.2 Å². The molecule has 0 radical (unpaired) electrons. The zero-order valence-electron chi connectivity index (χ0n) is 13.2.